The standard InChI is InChI=1S/C6H5BFO2/c8-10-7-9-6-4-2-1-3-5-6/h1-5H. The molecule has 0 spiro atoms. The van der Waals surface area contributed by atoms with Gasteiger partial charge in [0.2, 0.25) is 0 Å². The van der Waals surface area contributed by atoms with Crippen LogP contribution in [0.4, 0.5) is 4.53 Å². The summed E-state index contributed by atoms with van der Waals surface area (Å²) < 4.78 is 15.6. The molecule has 2 nitrogen and oxygen atoms in total. The molecule has 4 heteroatoms. The van der Waals surface area contributed by atoms with Crippen molar-refractivity contribution in [3.05, 3.63) is 30.3 Å². The monoisotopic (exact) mass is 139 g/mol. The summed E-state index contributed by atoms with van der Waals surface area (Å²) in [6.45, 7) is 0. The molecular weight excluding hydrogens is 134 g/mol. The van der Waals surface area contributed by atoms with E-state index in [-0.39, 0.29) is 0 Å². The van der Waals surface area contributed by atoms with Gasteiger partial charge < -0.3 is 4.65 Å². The Bertz CT molecular complexity index is 180. The Hall–Kier alpha value is -1.03. The maximum Gasteiger partial charge on any atom is 0.609 e. The number of rotatable bonds is 3. The zero-order valence-corrected chi connectivity index (χ0v) is 5.16. The zero-order valence-electron chi connectivity index (χ0n) is 5.16. The van der Waals surface area contributed by atoms with E-state index in [1.165, 1.54) is 0 Å². The Labute approximate surface area is 58.8 Å². The van der Waals surface area contributed by atoms with Crippen LogP contribution in [-0.4, -0.2) is 7.69 Å². The second-order valence-corrected chi connectivity index (χ2v) is 1.62. The molecule has 0 aliphatic rings. The van der Waals surface area contributed by atoms with E-state index in [0.29, 0.717) is 13.4 Å². The molecule has 0 heterocycles. The number of benzene rings is 1. The Morgan fingerprint density at radius 2 is 1.90 bits per heavy atom. The van der Waals surface area contributed by atoms with Crippen LogP contribution < -0.4 is 4.65 Å². The normalized spacial score (nSPS) is 8.90. The van der Waals surface area contributed by atoms with Crippen LogP contribution in [0.25, 0.3) is 0 Å². The first-order valence-corrected chi connectivity index (χ1v) is 2.74. The van der Waals surface area contributed by atoms with Gasteiger partial charge in [-0.2, -0.15) is 0 Å². The van der Waals surface area contributed by atoms with Crippen molar-refractivity contribution < 1.29 is 14.0 Å². The van der Waals surface area contributed by atoms with Gasteiger partial charge in [-0.3, -0.25) is 0 Å². The van der Waals surface area contributed by atoms with Gasteiger partial charge in [-0.1, -0.05) is 22.7 Å². The summed E-state index contributed by atoms with van der Waals surface area (Å²) in [5, 5.41) is 0. The fraction of sp³-hybridized carbons (Fsp3) is 0. The summed E-state index contributed by atoms with van der Waals surface area (Å²) in [6.07, 6.45) is 0. The molecule has 0 fully saturated rings. The highest BCUT2D eigenvalue weighted by Crippen LogP contribution is 2.06. The maximum atomic E-state index is 11.0. The molecule has 0 bridgehead atoms. The van der Waals surface area contributed by atoms with E-state index in [2.05, 4.69) is 9.51 Å². The largest absolute Gasteiger partial charge is 0.609 e. The van der Waals surface area contributed by atoms with Crippen LogP contribution in [-0.2, 0) is 4.86 Å². The van der Waals surface area contributed by atoms with Crippen molar-refractivity contribution in [1.29, 1.82) is 0 Å². The second-order valence-electron chi connectivity index (χ2n) is 1.62. The van der Waals surface area contributed by atoms with Crippen LogP contribution in [0.5, 0.6) is 5.75 Å². The molecule has 0 aliphatic heterocycles. The minimum atomic E-state index is 0.542. The number of para-hydroxylation sites is 1. The highest BCUT2D eigenvalue weighted by molar-refractivity contribution is 6.18. The predicted octanol–water partition coefficient (Wildman–Crippen LogP) is 1.50. The number of hydrogen-bond donors (Lipinski definition) is 0. The summed E-state index contributed by atoms with van der Waals surface area (Å²) in [4.78, 5) is 3.10. The lowest BCUT2D eigenvalue weighted by molar-refractivity contribution is -0.0173. The zero-order chi connectivity index (χ0) is 7.23. The predicted molar refractivity (Wildman–Crippen MR) is 35.0 cm³/mol. The first-order valence-electron chi connectivity index (χ1n) is 2.74. The van der Waals surface area contributed by atoms with Crippen molar-refractivity contribution >= 4 is 7.69 Å². The fourth-order valence-electron chi connectivity index (χ4n) is 0.573. The van der Waals surface area contributed by atoms with Crippen LogP contribution in [0.1, 0.15) is 0 Å². The number of halogens is 1. The minimum absolute atomic E-state index is 0.542. The van der Waals surface area contributed by atoms with Crippen molar-refractivity contribution in [2.45, 2.75) is 0 Å². The highest BCUT2D eigenvalue weighted by atomic mass is 19.3. The quantitative estimate of drug-likeness (QED) is 0.590. The van der Waals surface area contributed by atoms with Gasteiger partial charge in [0.25, 0.3) is 0 Å². The van der Waals surface area contributed by atoms with E-state index in [4.69, 9.17) is 0 Å². The van der Waals surface area contributed by atoms with Crippen LogP contribution in [0.3, 0.4) is 0 Å². The van der Waals surface area contributed by atoms with Gasteiger partial charge in [0.15, 0.2) is 0 Å². The van der Waals surface area contributed by atoms with Gasteiger partial charge in [-0.25, -0.2) is 4.86 Å². The summed E-state index contributed by atoms with van der Waals surface area (Å²) in [5.41, 5.74) is 0. The third kappa shape index (κ3) is 2.07. The molecule has 1 radical (unpaired) electrons. The van der Waals surface area contributed by atoms with E-state index in [1.807, 2.05) is 6.07 Å². The maximum absolute atomic E-state index is 11.0. The lowest BCUT2D eigenvalue weighted by Gasteiger charge is -1.98. The first-order chi connectivity index (χ1) is 4.93. The van der Waals surface area contributed by atoms with Crippen molar-refractivity contribution in [3.63, 3.8) is 0 Å². The molecule has 0 saturated heterocycles. The van der Waals surface area contributed by atoms with Crippen LogP contribution in [0.15, 0.2) is 30.3 Å². The van der Waals surface area contributed by atoms with Gasteiger partial charge in [0.05, 0.1) is 0 Å². The molecule has 0 amide bonds. The van der Waals surface area contributed by atoms with Crippen molar-refractivity contribution in [1.82, 2.24) is 0 Å². The van der Waals surface area contributed by atoms with Gasteiger partial charge in [-0.05, 0) is 12.1 Å². The van der Waals surface area contributed by atoms with Crippen LogP contribution in [0, 0.1) is 0 Å². The highest BCUT2D eigenvalue weighted by Gasteiger charge is 1.94. The van der Waals surface area contributed by atoms with Gasteiger partial charge >= 0.3 is 7.69 Å². The van der Waals surface area contributed by atoms with Gasteiger partial charge in [0, 0.05) is 0 Å². The summed E-state index contributed by atoms with van der Waals surface area (Å²) in [7, 11) is 0.620. The summed E-state index contributed by atoms with van der Waals surface area (Å²) in [5.74, 6) is 0.542. The third-order valence-electron chi connectivity index (χ3n) is 0.964. The SMILES string of the molecule is FO[B]Oc1ccccc1. The first kappa shape index (κ1) is 7.09. The molecule has 1 rings (SSSR count). The Morgan fingerprint density at radius 3 is 2.50 bits per heavy atom. The van der Waals surface area contributed by atoms with Crippen LogP contribution >= 0.6 is 0 Å². The Balaban J connectivity index is 2.43. The molecular formula is C6H5BFO2. The molecule has 10 heavy (non-hydrogen) atoms. The summed E-state index contributed by atoms with van der Waals surface area (Å²) in [6, 6.07) is 8.77. The van der Waals surface area contributed by atoms with E-state index >= 15 is 0 Å². The second kappa shape index (κ2) is 3.90. The van der Waals surface area contributed by atoms with Gasteiger partial charge in [-0.15, -0.1) is 0 Å². The third-order valence-corrected chi connectivity index (χ3v) is 0.964. The van der Waals surface area contributed by atoms with E-state index in [1.54, 1.807) is 24.3 Å². The molecule has 0 atom stereocenters. The molecule has 51 valence electrons. The average Bonchev–Trinajstić information content (AvgIpc) is 2.03. The lowest BCUT2D eigenvalue weighted by Crippen LogP contribution is -2.01. The topological polar surface area (TPSA) is 18.5 Å². The Kier molecular flexibility index (Phi) is 2.76. The molecule has 0 N–H and O–H groups in total. The van der Waals surface area contributed by atoms with Crippen molar-refractivity contribution in [2.75, 3.05) is 0 Å². The van der Waals surface area contributed by atoms with Crippen molar-refractivity contribution in [2.24, 2.45) is 0 Å². The molecule has 0 aromatic heterocycles. The van der Waals surface area contributed by atoms with E-state index < -0.39 is 0 Å². The molecule has 0 saturated carbocycles. The summed E-state index contributed by atoms with van der Waals surface area (Å²) >= 11 is 0. The lowest BCUT2D eigenvalue weighted by atomic mass is 10.3. The van der Waals surface area contributed by atoms with E-state index in [0.717, 1.165) is 0 Å². The number of hydrogen-bond acceptors (Lipinski definition) is 2. The van der Waals surface area contributed by atoms with Gasteiger partial charge in [0.1, 0.15) is 5.75 Å². The van der Waals surface area contributed by atoms with E-state index in [9.17, 15) is 4.53 Å². The smallest absolute Gasteiger partial charge is 0.536 e. The molecule has 0 unspecified atom stereocenters. The molecule has 1 aromatic carbocycles. The fourth-order valence-corrected chi connectivity index (χ4v) is 0.573. The minimum Gasteiger partial charge on any atom is -0.536 e. The average molecular weight is 139 g/mol. The van der Waals surface area contributed by atoms with Crippen molar-refractivity contribution in [3.8, 4) is 5.75 Å². The molecule has 0 aliphatic carbocycles. The Morgan fingerprint density at radius 1 is 1.20 bits per heavy atom. The van der Waals surface area contributed by atoms with Crippen LogP contribution in [0.2, 0.25) is 0 Å². The molecule has 1 aromatic rings.